The Kier molecular flexibility index (Phi) is 28.0. The van der Waals surface area contributed by atoms with Crippen LogP contribution >= 0.6 is 0 Å². The lowest BCUT2D eigenvalue weighted by atomic mass is 9.33. The molecule has 50 atom stereocenters. The molecule has 14 rings (SSSR count). The van der Waals surface area contributed by atoms with Gasteiger partial charge < -0.3 is 203 Å². The largest absolute Gasteiger partial charge is 0.432 e. The molecule has 0 aromatic heterocycles. The quantitative estimate of drug-likeness (QED) is 0.0306. The fraction of sp³-hybridized carbons (Fsp3) is 0.962. The number of esters is 1. The van der Waals surface area contributed by atoms with E-state index in [2.05, 4.69) is 40.7 Å². The Morgan fingerprint density at radius 3 is 1.44 bits per heavy atom. The molecule has 696 valence electrons. The Morgan fingerprint density at radius 2 is 0.876 bits per heavy atom. The van der Waals surface area contributed by atoms with Crippen molar-refractivity contribution < 1.29 is 208 Å². The maximum Gasteiger partial charge on any atom is 0.317 e. The Hall–Kier alpha value is -2.39. The summed E-state index contributed by atoms with van der Waals surface area (Å²) < 4.78 is 108. The molecule has 9 aliphatic heterocycles. The van der Waals surface area contributed by atoms with Gasteiger partial charge in [-0.05, 0) is 118 Å². The van der Waals surface area contributed by atoms with E-state index in [1.165, 1.54) is 27.7 Å². The number of fused-ring (bicyclic) bond motifs is 7. The number of hydrogen-bond acceptors (Lipinski definition) is 42. The Bertz CT molecular complexity index is 3540. The molecule has 9 heterocycles. The predicted molar refractivity (Wildman–Crippen MR) is 395 cm³/mol. The average molecular weight is 1750 g/mol. The number of carbonyl (C=O) groups is 1. The summed E-state index contributed by atoms with van der Waals surface area (Å²) in [4.78, 5) is 16.2. The van der Waals surface area contributed by atoms with Crippen molar-refractivity contribution in [1.29, 1.82) is 0 Å². The number of carbonyl (C=O) groups excluding carboxylic acids is 1. The molecule has 0 radical (unpaired) electrons. The molecule has 0 aromatic carbocycles. The van der Waals surface area contributed by atoms with Crippen molar-refractivity contribution in [3.63, 3.8) is 0 Å². The molecule has 121 heavy (non-hydrogen) atoms. The van der Waals surface area contributed by atoms with E-state index in [0.717, 1.165) is 5.57 Å². The summed E-state index contributed by atoms with van der Waals surface area (Å²) in [5, 5.41) is 261. The van der Waals surface area contributed by atoms with Crippen LogP contribution in [0.25, 0.3) is 0 Å². The highest BCUT2D eigenvalue weighted by molar-refractivity contribution is 5.80. The first-order valence-electron chi connectivity index (χ1n) is 42.2. The van der Waals surface area contributed by atoms with Gasteiger partial charge in [0, 0.05) is 5.41 Å². The lowest BCUT2D eigenvalue weighted by Gasteiger charge is -2.72. The summed E-state index contributed by atoms with van der Waals surface area (Å²) in [6.45, 7) is 13.6. The fourth-order valence-corrected chi connectivity index (χ4v) is 22.5. The highest BCUT2D eigenvalue weighted by atomic mass is 16.8. The molecule has 42 nitrogen and oxygen atoms in total. The number of ether oxygens (including phenoxy) is 18. The lowest BCUT2D eigenvalue weighted by molar-refractivity contribution is -0.392. The number of hydrogen-bond donors (Lipinski definition) is 23. The number of aliphatic hydroxyl groups is 23. The van der Waals surface area contributed by atoms with Crippen molar-refractivity contribution >= 4 is 5.97 Å². The van der Waals surface area contributed by atoms with Crippen LogP contribution in [-0.4, -0.2) is 427 Å². The molecule has 50 unspecified atom stereocenters. The first-order chi connectivity index (χ1) is 56.7. The topological polar surface area (TPSA) is 649 Å². The molecule has 42 heteroatoms. The zero-order valence-corrected chi connectivity index (χ0v) is 69.1. The standard InChI is InChI=1S/C79H128O42/c1-27-41(87)47(93)50(96)67(109-27)115-56-36(85)22-106-66(52(56)98)116-57-42(88)28(2)110-68(53(57)99)119-60-59(118-63-48(94)45(91)34(83)20-104-63)44(90)30(4)112-70(60)121-72(102)79-16-15-73(5,6)17-32(79)31-11-12-39-74(7)18-33(82)62(75(8,24-80)38(74)13-14-76(39,9)77(31,10)19-40(79)86)120-69-54(100)58(43(89)29(3)111-69)117-65-51(97)55(35(84)21-105-65)114-64-49(95)46(92)37(23-107-64)113-71-61(101)78(103,25-81)26-108-71/h11,27-30,32-71,80-101,103H,12-26H2,1-10H3. The normalized spacial score (nSPS) is 56.4. The van der Waals surface area contributed by atoms with E-state index in [4.69, 9.17) is 85.3 Å². The van der Waals surface area contributed by atoms with E-state index < -0.39 is 354 Å². The third-order valence-corrected chi connectivity index (χ3v) is 30.1. The van der Waals surface area contributed by atoms with Crippen LogP contribution in [0.1, 0.15) is 121 Å². The van der Waals surface area contributed by atoms with Crippen LogP contribution in [-0.2, 0) is 90.1 Å². The first kappa shape index (κ1) is 94.7. The van der Waals surface area contributed by atoms with Crippen LogP contribution in [0.3, 0.4) is 0 Å². The first-order valence-corrected chi connectivity index (χ1v) is 42.2. The molecule has 0 aromatic rings. The van der Waals surface area contributed by atoms with E-state index in [-0.39, 0.29) is 25.2 Å². The molecule has 0 amide bonds. The molecule has 5 aliphatic carbocycles. The van der Waals surface area contributed by atoms with Gasteiger partial charge in [0.1, 0.15) is 158 Å². The maximum absolute atomic E-state index is 16.2. The number of aliphatic hydroxyl groups excluding tert-OH is 22. The van der Waals surface area contributed by atoms with E-state index in [1.807, 2.05) is 0 Å². The maximum atomic E-state index is 16.2. The van der Waals surface area contributed by atoms with E-state index in [1.54, 1.807) is 6.92 Å². The van der Waals surface area contributed by atoms with Crippen LogP contribution in [0.2, 0.25) is 0 Å². The van der Waals surface area contributed by atoms with Crippen molar-refractivity contribution in [2.45, 2.75) is 378 Å². The average Bonchev–Trinajstić information content (AvgIpc) is 0.759. The molecule has 23 N–H and O–H groups in total. The molecule has 4 saturated carbocycles. The van der Waals surface area contributed by atoms with Gasteiger partial charge in [-0.1, -0.05) is 53.2 Å². The zero-order valence-electron chi connectivity index (χ0n) is 69.1. The second-order valence-corrected chi connectivity index (χ2v) is 38.3. The minimum absolute atomic E-state index is 0.00954. The van der Waals surface area contributed by atoms with Crippen molar-refractivity contribution in [2.75, 3.05) is 46.2 Å². The molecule has 9 saturated heterocycles. The molecule has 0 bridgehead atoms. The smallest absolute Gasteiger partial charge is 0.317 e. The fourth-order valence-electron chi connectivity index (χ4n) is 22.5. The molecule has 0 spiro atoms. The lowest BCUT2D eigenvalue weighted by Crippen LogP contribution is -2.71. The van der Waals surface area contributed by atoms with Gasteiger partial charge in [0.05, 0.1) is 89.0 Å². The molecule has 13 fully saturated rings. The Morgan fingerprint density at radius 1 is 0.413 bits per heavy atom. The third kappa shape index (κ3) is 16.6. The van der Waals surface area contributed by atoms with E-state index in [9.17, 15) is 117 Å². The summed E-state index contributed by atoms with van der Waals surface area (Å²) >= 11 is 0. The summed E-state index contributed by atoms with van der Waals surface area (Å²) in [6.07, 6.45) is -65.3. The minimum atomic E-state index is -2.13. The highest BCUT2D eigenvalue weighted by Gasteiger charge is 2.74. The van der Waals surface area contributed by atoms with Gasteiger partial charge in [0.25, 0.3) is 0 Å². The summed E-state index contributed by atoms with van der Waals surface area (Å²) in [5.74, 6) is -2.44. The van der Waals surface area contributed by atoms with Gasteiger partial charge in [0.2, 0.25) is 6.29 Å². The number of rotatable bonds is 20. The van der Waals surface area contributed by atoms with Crippen LogP contribution in [0, 0.1) is 50.2 Å². The summed E-state index contributed by atoms with van der Waals surface area (Å²) in [5.41, 5.74) is -7.16. The van der Waals surface area contributed by atoms with Crippen LogP contribution in [0.5, 0.6) is 0 Å². The van der Waals surface area contributed by atoms with Crippen molar-refractivity contribution in [2.24, 2.45) is 50.2 Å². The van der Waals surface area contributed by atoms with Crippen LogP contribution < -0.4 is 0 Å². The van der Waals surface area contributed by atoms with Gasteiger partial charge in [-0.25, -0.2) is 0 Å². The third-order valence-electron chi connectivity index (χ3n) is 30.1. The Labute approximate surface area is 697 Å². The summed E-state index contributed by atoms with van der Waals surface area (Å²) in [6, 6.07) is 0. The highest BCUT2D eigenvalue weighted by Crippen LogP contribution is 2.76. The van der Waals surface area contributed by atoms with Crippen LogP contribution in [0.15, 0.2) is 11.6 Å². The summed E-state index contributed by atoms with van der Waals surface area (Å²) in [7, 11) is 0. The van der Waals surface area contributed by atoms with Crippen LogP contribution in [0.4, 0.5) is 0 Å². The molecule has 14 aliphatic rings. The van der Waals surface area contributed by atoms with E-state index in [0.29, 0.717) is 32.1 Å². The second kappa shape index (κ2) is 35.7. The molecular formula is C79H128O42. The molecular weight excluding hydrogens is 1620 g/mol. The van der Waals surface area contributed by atoms with Crippen molar-refractivity contribution in [3.8, 4) is 0 Å². The van der Waals surface area contributed by atoms with Gasteiger partial charge in [-0.3, -0.25) is 4.79 Å². The van der Waals surface area contributed by atoms with E-state index >= 15 is 4.79 Å². The number of allylic oxidation sites excluding steroid dienone is 2. The predicted octanol–water partition coefficient (Wildman–Crippen LogP) is -8.69. The van der Waals surface area contributed by atoms with Crippen molar-refractivity contribution in [1.82, 2.24) is 0 Å². The van der Waals surface area contributed by atoms with Gasteiger partial charge in [-0.2, -0.15) is 0 Å². The van der Waals surface area contributed by atoms with Crippen molar-refractivity contribution in [3.05, 3.63) is 11.6 Å². The van der Waals surface area contributed by atoms with Gasteiger partial charge in [-0.15, -0.1) is 0 Å². The zero-order chi connectivity index (χ0) is 88.1. The monoisotopic (exact) mass is 1750 g/mol. The van der Waals surface area contributed by atoms with Gasteiger partial charge in [0.15, 0.2) is 56.4 Å². The second-order valence-electron chi connectivity index (χ2n) is 38.3. The Balaban J connectivity index is 0.684. The van der Waals surface area contributed by atoms with Gasteiger partial charge >= 0.3 is 5.97 Å². The SMILES string of the molecule is CC1OC(OC2C(O)COC(OC3C(O)C(C)OC(OC4C(OC(=O)C56CCC(C)(C)CC5C5=CCC7C8(C)CC(O)C(OC9OC(C)C(O)C(OC%10OCC(O)C(OC%11OCC(OC%12OCC(O)(CO)C%12O)C(O)C%11O)C%10O)C9O)C(C)(CO)C8CCC7(C)C5(C)CC6O)OC(C)C(O)C4OC4OCC(O)C(O)C4O)C3O)C2O)C(O)C(O)C1O. The minimum Gasteiger partial charge on any atom is -0.432 e.